The van der Waals surface area contributed by atoms with Crippen LogP contribution in [0.5, 0.6) is 0 Å². The molecule has 20 heavy (non-hydrogen) atoms. The Labute approximate surface area is 123 Å². The van der Waals surface area contributed by atoms with Crippen molar-refractivity contribution in [3.8, 4) is 10.4 Å². The summed E-state index contributed by atoms with van der Waals surface area (Å²) in [5.41, 5.74) is 7.88. The highest BCUT2D eigenvalue weighted by Crippen LogP contribution is 2.33. The first-order chi connectivity index (χ1) is 9.78. The van der Waals surface area contributed by atoms with Gasteiger partial charge in [-0.2, -0.15) is 0 Å². The maximum Gasteiger partial charge on any atom is 0.0702 e. The third-order valence-electron chi connectivity index (χ3n) is 3.59. The topological polar surface area (TPSA) is 38.9 Å². The van der Waals surface area contributed by atoms with E-state index in [9.17, 15) is 0 Å². The molecular weight excluding hydrogens is 264 g/mol. The number of hydrogen-bond donors (Lipinski definition) is 1. The Morgan fingerprint density at radius 1 is 1.20 bits per heavy atom. The molecule has 0 aliphatic heterocycles. The first kappa shape index (κ1) is 13.3. The van der Waals surface area contributed by atoms with E-state index in [1.807, 2.05) is 29.7 Å². The second-order valence-corrected chi connectivity index (χ2v) is 6.21. The van der Waals surface area contributed by atoms with E-state index < -0.39 is 0 Å². The van der Waals surface area contributed by atoms with Gasteiger partial charge in [0.15, 0.2) is 0 Å². The molecule has 0 saturated heterocycles. The van der Waals surface area contributed by atoms with Crippen molar-refractivity contribution in [1.29, 1.82) is 0 Å². The number of rotatable bonds is 4. The van der Waals surface area contributed by atoms with Crippen LogP contribution in [-0.4, -0.2) is 11.5 Å². The van der Waals surface area contributed by atoms with Crippen LogP contribution in [0.3, 0.4) is 0 Å². The van der Waals surface area contributed by atoms with E-state index in [0.717, 1.165) is 18.5 Å². The zero-order chi connectivity index (χ0) is 13.9. The second-order valence-electron chi connectivity index (χ2n) is 5.10. The van der Waals surface area contributed by atoms with Crippen LogP contribution in [-0.2, 0) is 0 Å². The van der Waals surface area contributed by atoms with E-state index >= 15 is 0 Å². The smallest absolute Gasteiger partial charge is 0.0702 e. The van der Waals surface area contributed by atoms with Gasteiger partial charge in [-0.25, -0.2) is 0 Å². The van der Waals surface area contributed by atoms with E-state index in [1.165, 1.54) is 20.7 Å². The van der Waals surface area contributed by atoms with Gasteiger partial charge in [0.05, 0.1) is 5.52 Å². The average Bonchev–Trinajstić information content (AvgIpc) is 2.97. The van der Waals surface area contributed by atoms with Crippen molar-refractivity contribution in [3.05, 3.63) is 53.5 Å². The number of nitrogens with two attached hydrogens (primary N) is 1. The first-order valence-electron chi connectivity index (χ1n) is 6.93. The standard InChI is InChI=1S/C17H18N2S/c1-12(8-9-18)16-6-7-17(20-16)14-10-13-4-2-3-5-15(13)19-11-14/h2-7,10-12H,8-9,18H2,1H3. The van der Waals surface area contributed by atoms with Crippen LogP contribution < -0.4 is 5.73 Å². The molecule has 2 nitrogen and oxygen atoms in total. The third-order valence-corrected chi connectivity index (χ3v) is 4.95. The van der Waals surface area contributed by atoms with Crippen LogP contribution in [0.2, 0.25) is 0 Å². The third kappa shape index (κ3) is 2.60. The van der Waals surface area contributed by atoms with Crippen molar-refractivity contribution in [2.24, 2.45) is 5.73 Å². The van der Waals surface area contributed by atoms with E-state index in [0.29, 0.717) is 5.92 Å². The molecule has 3 heteroatoms. The number of benzene rings is 1. The molecule has 1 aromatic carbocycles. The largest absolute Gasteiger partial charge is 0.330 e. The Morgan fingerprint density at radius 3 is 2.90 bits per heavy atom. The maximum absolute atomic E-state index is 5.64. The number of aromatic nitrogens is 1. The van der Waals surface area contributed by atoms with Crippen molar-refractivity contribution in [2.75, 3.05) is 6.54 Å². The molecule has 0 bridgehead atoms. The van der Waals surface area contributed by atoms with Crippen molar-refractivity contribution in [1.82, 2.24) is 4.98 Å². The number of hydrogen-bond acceptors (Lipinski definition) is 3. The lowest BCUT2D eigenvalue weighted by Crippen LogP contribution is -2.03. The Hall–Kier alpha value is -1.71. The lowest BCUT2D eigenvalue weighted by Gasteiger charge is -2.06. The number of thiophene rings is 1. The SMILES string of the molecule is CC(CCN)c1ccc(-c2cnc3ccccc3c2)s1. The second kappa shape index (κ2) is 5.73. The predicted octanol–water partition coefficient (Wildman–Crippen LogP) is 4.42. The fraction of sp³-hybridized carbons (Fsp3) is 0.235. The first-order valence-corrected chi connectivity index (χ1v) is 7.74. The van der Waals surface area contributed by atoms with Crippen molar-refractivity contribution in [3.63, 3.8) is 0 Å². The number of para-hydroxylation sites is 1. The zero-order valence-corrected chi connectivity index (χ0v) is 12.4. The summed E-state index contributed by atoms with van der Waals surface area (Å²) in [5, 5.41) is 1.19. The minimum atomic E-state index is 0.534. The lowest BCUT2D eigenvalue weighted by atomic mass is 10.1. The number of pyridine rings is 1. The molecular formula is C17H18N2S. The zero-order valence-electron chi connectivity index (χ0n) is 11.5. The van der Waals surface area contributed by atoms with Gasteiger partial charge in [-0.3, -0.25) is 4.98 Å². The van der Waals surface area contributed by atoms with Crippen molar-refractivity contribution >= 4 is 22.2 Å². The quantitative estimate of drug-likeness (QED) is 0.769. The van der Waals surface area contributed by atoms with Crippen LogP contribution in [0.4, 0.5) is 0 Å². The molecule has 2 N–H and O–H groups in total. The Bertz CT molecular complexity index is 718. The van der Waals surface area contributed by atoms with Gasteiger partial charge in [-0.15, -0.1) is 11.3 Å². The summed E-state index contributed by atoms with van der Waals surface area (Å²) < 4.78 is 0. The molecule has 0 radical (unpaired) electrons. The summed E-state index contributed by atoms with van der Waals surface area (Å²) in [6.07, 6.45) is 3.00. The fourth-order valence-corrected chi connectivity index (χ4v) is 3.45. The summed E-state index contributed by atoms with van der Waals surface area (Å²) in [6.45, 7) is 2.98. The van der Waals surface area contributed by atoms with Crippen molar-refractivity contribution in [2.45, 2.75) is 19.3 Å². The summed E-state index contributed by atoms with van der Waals surface area (Å²) in [6, 6.07) is 14.9. The highest BCUT2D eigenvalue weighted by Gasteiger charge is 2.09. The molecule has 0 fully saturated rings. The highest BCUT2D eigenvalue weighted by atomic mass is 32.1. The van der Waals surface area contributed by atoms with Gasteiger partial charge in [0.25, 0.3) is 0 Å². The van der Waals surface area contributed by atoms with Crippen LogP contribution in [0.15, 0.2) is 48.7 Å². The monoisotopic (exact) mass is 282 g/mol. The van der Waals surface area contributed by atoms with E-state index in [4.69, 9.17) is 5.73 Å². The maximum atomic E-state index is 5.64. The van der Waals surface area contributed by atoms with E-state index in [1.54, 1.807) is 0 Å². The van der Waals surface area contributed by atoms with E-state index in [2.05, 4.69) is 42.2 Å². The van der Waals surface area contributed by atoms with Crippen LogP contribution in [0, 0.1) is 0 Å². The lowest BCUT2D eigenvalue weighted by molar-refractivity contribution is 0.701. The van der Waals surface area contributed by atoms with Gasteiger partial charge in [0.1, 0.15) is 0 Å². The fourth-order valence-electron chi connectivity index (χ4n) is 2.37. The molecule has 0 aliphatic rings. The van der Waals surface area contributed by atoms with Gasteiger partial charge in [0.2, 0.25) is 0 Å². The predicted molar refractivity (Wildman–Crippen MR) is 87.1 cm³/mol. The molecule has 3 rings (SSSR count). The summed E-state index contributed by atoms with van der Waals surface area (Å²) in [5.74, 6) is 0.534. The summed E-state index contributed by atoms with van der Waals surface area (Å²) in [7, 11) is 0. The van der Waals surface area contributed by atoms with Gasteiger partial charge < -0.3 is 5.73 Å². The Balaban J connectivity index is 1.94. The minimum absolute atomic E-state index is 0.534. The highest BCUT2D eigenvalue weighted by molar-refractivity contribution is 7.15. The molecule has 0 amide bonds. The van der Waals surface area contributed by atoms with Gasteiger partial charge in [-0.05, 0) is 43.1 Å². The van der Waals surface area contributed by atoms with Gasteiger partial charge >= 0.3 is 0 Å². The summed E-state index contributed by atoms with van der Waals surface area (Å²) in [4.78, 5) is 7.22. The number of fused-ring (bicyclic) bond motifs is 1. The van der Waals surface area contributed by atoms with Crippen LogP contribution in [0.1, 0.15) is 24.1 Å². The van der Waals surface area contributed by atoms with Crippen LogP contribution in [0.25, 0.3) is 21.3 Å². The average molecular weight is 282 g/mol. The minimum Gasteiger partial charge on any atom is -0.330 e. The molecule has 2 heterocycles. The molecule has 102 valence electrons. The summed E-state index contributed by atoms with van der Waals surface area (Å²) >= 11 is 1.85. The molecule has 1 atom stereocenters. The number of nitrogens with zero attached hydrogens (tertiary/aromatic N) is 1. The van der Waals surface area contributed by atoms with E-state index in [-0.39, 0.29) is 0 Å². The molecule has 1 unspecified atom stereocenters. The Kier molecular flexibility index (Phi) is 3.81. The molecule has 3 aromatic rings. The van der Waals surface area contributed by atoms with Crippen LogP contribution >= 0.6 is 11.3 Å². The normalized spacial score (nSPS) is 12.7. The van der Waals surface area contributed by atoms with Gasteiger partial charge in [0, 0.05) is 26.9 Å². The Morgan fingerprint density at radius 2 is 2.05 bits per heavy atom. The molecule has 2 aromatic heterocycles. The van der Waals surface area contributed by atoms with Crippen molar-refractivity contribution < 1.29 is 0 Å². The molecule has 0 saturated carbocycles. The van der Waals surface area contributed by atoms with Gasteiger partial charge in [-0.1, -0.05) is 25.1 Å². The molecule has 0 aliphatic carbocycles. The molecule has 0 spiro atoms.